The molecule has 2 rings (SSSR count). The first-order valence-electron chi connectivity index (χ1n) is 12.1. The van der Waals surface area contributed by atoms with E-state index in [1.807, 2.05) is 27.8 Å². The average Bonchev–Trinajstić information content (AvgIpc) is 2.82. The van der Waals surface area contributed by atoms with Crippen LogP contribution in [-0.4, -0.2) is 27.8 Å². The second kappa shape index (κ2) is 18.7. The summed E-state index contributed by atoms with van der Waals surface area (Å²) in [5.41, 5.74) is 0.965. The number of rotatable bonds is 11. The summed E-state index contributed by atoms with van der Waals surface area (Å²) in [4.78, 5) is 0. The number of benzene rings is 1. The molecule has 2 atom stereocenters. The monoisotopic (exact) mass is 453 g/mol. The number of halogens is 2. The smallest absolute Gasteiger partial charge is 0.123 e. The summed E-state index contributed by atoms with van der Waals surface area (Å²) in [6.07, 6.45) is 10.8. The van der Waals surface area contributed by atoms with Crippen LogP contribution in [0.5, 0.6) is 5.75 Å². The topological polar surface area (TPSA) is 30.5 Å². The Morgan fingerprint density at radius 1 is 0.969 bits per heavy atom. The molecule has 1 N–H and O–H groups in total. The van der Waals surface area contributed by atoms with Crippen molar-refractivity contribution < 1.29 is 18.3 Å². The lowest BCUT2D eigenvalue weighted by atomic mass is 9.83. The van der Waals surface area contributed by atoms with E-state index in [1.54, 1.807) is 32.4 Å². The standard InChI is InChI=1S/C13H20FNO.C12H19FO.C2H6/c1-15-9-5-3-4-6-11-10-12(14)7-8-13(11)16-2;1-4-5-6-10-9(2)11(13)7-8-12(10)14-3;1-2/h7-8,10,15H,3-6,9H2,1-2H3;7-10H,4-6H2,1-3H3;1-2H3. The predicted octanol–water partition coefficient (Wildman–Crippen LogP) is 7.62. The van der Waals surface area contributed by atoms with E-state index in [0.717, 1.165) is 68.6 Å². The van der Waals surface area contributed by atoms with Crippen molar-refractivity contribution in [1.29, 1.82) is 0 Å². The summed E-state index contributed by atoms with van der Waals surface area (Å²) >= 11 is 0. The molecule has 32 heavy (non-hydrogen) atoms. The van der Waals surface area contributed by atoms with Gasteiger partial charge in [0.25, 0.3) is 0 Å². The number of hydrogen-bond acceptors (Lipinski definition) is 3. The van der Waals surface area contributed by atoms with Crippen LogP contribution in [-0.2, 0) is 11.2 Å². The average molecular weight is 454 g/mol. The molecular formula is C27H45F2NO2. The Balaban J connectivity index is 0.000000561. The Kier molecular flexibility index (Phi) is 17.6. The molecule has 0 saturated heterocycles. The second-order valence-corrected chi connectivity index (χ2v) is 7.73. The normalized spacial score (nSPS) is 17.2. The molecule has 1 aromatic rings. The van der Waals surface area contributed by atoms with Gasteiger partial charge in [0.1, 0.15) is 17.4 Å². The van der Waals surface area contributed by atoms with Gasteiger partial charge in [-0.1, -0.05) is 47.0 Å². The minimum atomic E-state index is -0.189. The summed E-state index contributed by atoms with van der Waals surface area (Å²) in [5.74, 6) is 1.70. The maximum Gasteiger partial charge on any atom is 0.123 e. The summed E-state index contributed by atoms with van der Waals surface area (Å²) in [6.45, 7) is 9.12. The summed E-state index contributed by atoms with van der Waals surface area (Å²) in [5, 5.41) is 3.11. The van der Waals surface area contributed by atoms with Crippen molar-refractivity contribution >= 4 is 0 Å². The quantitative estimate of drug-likeness (QED) is 0.350. The minimum Gasteiger partial charge on any atom is -0.501 e. The molecule has 0 bridgehead atoms. The zero-order valence-corrected chi connectivity index (χ0v) is 21.3. The molecule has 0 radical (unpaired) electrons. The highest BCUT2D eigenvalue weighted by Gasteiger charge is 2.27. The lowest BCUT2D eigenvalue weighted by molar-refractivity contribution is 0.196. The molecule has 0 aliphatic heterocycles. The number of allylic oxidation sites excluding steroid dienone is 4. The fourth-order valence-electron chi connectivity index (χ4n) is 3.65. The number of nitrogens with one attached hydrogen (secondary N) is 1. The zero-order chi connectivity index (χ0) is 24.4. The molecule has 0 aromatic heterocycles. The van der Waals surface area contributed by atoms with E-state index < -0.39 is 0 Å². The Labute approximate surface area is 195 Å². The van der Waals surface area contributed by atoms with Gasteiger partial charge in [-0.3, -0.25) is 0 Å². The van der Waals surface area contributed by atoms with Crippen LogP contribution in [0.3, 0.4) is 0 Å². The molecule has 0 saturated carbocycles. The van der Waals surface area contributed by atoms with E-state index in [4.69, 9.17) is 9.47 Å². The van der Waals surface area contributed by atoms with E-state index in [0.29, 0.717) is 0 Å². The third-order valence-corrected chi connectivity index (χ3v) is 5.53. The van der Waals surface area contributed by atoms with Crippen molar-refractivity contribution in [3.05, 3.63) is 53.3 Å². The molecule has 1 aliphatic rings. The molecule has 2 unspecified atom stereocenters. The van der Waals surface area contributed by atoms with Gasteiger partial charge in [0, 0.05) is 11.8 Å². The van der Waals surface area contributed by atoms with Crippen LogP contribution in [0, 0.1) is 17.7 Å². The van der Waals surface area contributed by atoms with Crippen LogP contribution in [0.4, 0.5) is 8.78 Å². The van der Waals surface area contributed by atoms with E-state index in [9.17, 15) is 8.78 Å². The lowest BCUT2D eigenvalue weighted by Gasteiger charge is -2.27. The molecule has 0 amide bonds. The zero-order valence-electron chi connectivity index (χ0n) is 21.3. The number of ether oxygens (including phenoxy) is 2. The van der Waals surface area contributed by atoms with Gasteiger partial charge in [-0.25, -0.2) is 8.78 Å². The Morgan fingerprint density at radius 3 is 2.28 bits per heavy atom. The van der Waals surface area contributed by atoms with E-state index >= 15 is 0 Å². The van der Waals surface area contributed by atoms with Crippen molar-refractivity contribution in [2.75, 3.05) is 27.8 Å². The van der Waals surface area contributed by atoms with Crippen molar-refractivity contribution in [3.8, 4) is 5.75 Å². The van der Waals surface area contributed by atoms with Crippen LogP contribution in [0.2, 0.25) is 0 Å². The van der Waals surface area contributed by atoms with Gasteiger partial charge in [-0.2, -0.15) is 0 Å². The van der Waals surface area contributed by atoms with Crippen LogP contribution < -0.4 is 10.1 Å². The van der Waals surface area contributed by atoms with Crippen molar-refractivity contribution in [3.63, 3.8) is 0 Å². The van der Waals surface area contributed by atoms with Crippen molar-refractivity contribution in [2.24, 2.45) is 11.8 Å². The molecular weight excluding hydrogens is 408 g/mol. The van der Waals surface area contributed by atoms with Crippen LogP contribution >= 0.6 is 0 Å². The van der Waals surface area contributed by atoms with Gasteiger partial charge >= 0.3 is 0 Å². The first kappa shape index (κ1) is 30.1. The SMILES string of the molecule is CC.CCCCC1C(OC)=CC=C(F)C1C.CNCCCCCc1cc(F)ccc1OC. The van der Waals surface area contributed by atoms with E-state index in [2.05, 4.69) is 12.2 Å². The molecule has 0 spiro atoms. The van der Waals surface area contributed by atoms with Crippen LogP contribution in [0.25, 0.3) is 0 Å². The summed E-state index contributed by atoms with van der Waals surface area (Å²) < 4.78 is 36.8. The second-order valence-electron chi connectivity index (χ2n) is 7.73. The molecule has 184 valence electrons. The van der Waals surface area contributed by atoms with Gasteiger partial charge in [0.2, 0.25) is 0 Å². The maximum atomic E-state index is 13.3. The number of aryl methyl sites for hydroxylation is 1. The van der Waals surface area contributed by atoms with Gasteiger partial charge in [-0.05, 0) is 75.2 Å². The predicted molar refractivity (Wildman–Crippen MR) is 132 cm³/mol. The van der Waals surface area contributed by atoms with Crippen LogP contribution in [0.1, 0.15) is 71.8 Å². The van der Waals surface area contributed by atoms with Crippen LogP contribution in [0.15, 0.2) is 41.9 Å². The fourth-order valence-corrected chi connectivity index (χ4v) is 3.65. The Morgan fingerprint density at radius 2 is 1.69 bits per heavy atom. The largest absolute Gasteiger partial charge is 0.501 e. The molecule has 1 aliphatic carbocycles. The van der Waals surface area contributed by atoms with E-state index in [1.165, 1.54) is 12.1 Å². The molecule has 1 aromatic carbocycles. The highest BCUT2D eigenvalue weighted by molar-refractivity contribution is 5.33. The molecule has 0 fully saturated rings. The number of methoxy groups -OCH3 is 2. The lowest BCUT2D eigenvalue weighted by Crippen LogP contribution is -2.19. The number of hydrogen-bond donors (Lipinski definition) is 1. The van der Waals surface area contributed by atoms with Gasteiger partial charge in [0.05, 0.1) is 20.0 Å². The van der Waals surface area contributed by atoms with Crippen molar-refractivity contribution in [2.45, 2.75) is 72.6 Å². The van der Waals surface area contributed by atoms with E-state index in [-0.39, 0.29) is 23.5 Å². The first-order chi connectivity index (χ1) is 15.5. The molecule has 0 heterocycles. The highest BCUT2D eigenvalue weighted by atomic mass is 19.1. The third kappa shape index (κ3) is 11.1. The van der Waals surface area contributed by atoms with Gasteiger partial charge in [0.15, 0.2) is 0 Å². The van der Waals surface area contributed by atoms with Gasteiger partial charge in [-0.15, -0.1) is 0 Å². The molecule has 3 nitrogen and oxygen atoms in total. The Hall–Kier alpha value is -1.88. The maximum absolute atomic E-state index is 13.3. The molecule has 5 heteroatoms. The first-order valence-corrected chi connectivity index (χ1v) is 12.1. The number of unbranched alkanes of at least 4 members (excludes halogenated alkanes) is 3. The Bertz CT molecular complexity index is 674. The van der Waals surface area contributed by atoms with Crippen molar-refractivity contribution in [1.82, 2.24) is 5.32 Å². The highest BCUT2D eigenvalue weighted by Crippen LogP contribution is 2.35. The minimum absolute atomic E-state index is 0.0214. The summed E-state index contributed by atoms with van der Waals surface area (Å²) in [6, 6.07) is 4.69. The summed E-state index contributed by atoms with van der Waals surface area (Å²) in [7, 11) is 5.24. The third-order valence-electron chi connectivity index (χ3n) is 5.53. The van der Waals surface area contributed by atoms with Gasteiger partial charge < -0.3 is 14.8 Å². The fraction of sp³-hybridized carbons (Fsp3) is 0.630.